The molecule has 1 heteroatoms. The van der Waals surface area contributed by atoms with E-state index in [1.54, 1.807) is 0 Å². The smallest absolute Gasteiger partial charge is 0.144 e. The van der Waals surface area contributed by atoms with Gasteiger partial charge in [0.15, 0.2) is 0 Å². The standard InChI is InChI=1S/C47H32O/c1-47(2)41-21-9-8-15-35(41)36-27-26-32(28-42(36)47)29-22-24-30(25-23-29)33-17-10-20-40-39-19-11-18-38-34-14-6-7-16-37(34)43(31-12-4-3-5-13-31)46(44(38)39)48-45(33)40/h3-28H,1-2H3. The Kier molecular flexibility index (Phi) is 5.69. The second kappa shape index (κ2) is 10.0. The lowest BCUT2D eigenvalue weighted by Gasteiger charge is -2.27. The molecule has 1 aliphatic carbocycles. The Balaban J connectivity index is 1.11. The third-order valence-corrected chi connectivity index (χ3v) is 10.7. The van der Waals surface area contributed by atoms with Gasteiger partial charge in [-0.2, -0.15) is 0 Å². The van der Waals surface area contributed by atoms with Crippen molar-refractivity contribution in [3.05, 3.63) is 169 Å². The molecule has 0 spiro atoms. The third kappa shape index (κ3) is 3.79. The predicted octanol–water partition coefficient (Wildman–Crippen LogP) is 13.1. The number of benzene rings is 8. The highest BCUT2D eigenvalue weighted by Crippen LogP contribution is 2.56. The fraction of sp³-hybridized carbons (Fsp3) is 0.0638. The maximum atomic E-state index is 7.15. The van der Waals surface area contributed by atoms with Gasteiger partial charge in [0.25, 0.3) is 0 Å². The topological polar surface area (TPSA) is 9.23 Å². The van der Waals surface area contributed by atoms with Crippen molar-refractivity contribution in [2.45, 2.75) is 19.3 Å². The number of para-hydroxylation sites is 1. The predicted molar refractivity (Wildman–Crippen MR) is 201 cm³/mol. The molecule has 0 atom stereocenters. The Morgan fingerprint density at radius 1 is 0.375 bits per heavy atom. The second-order valence-electron chi connectivity index (χ2n) is 13.6. The first-order valence-corrected chi connectivity index (χ1v) is 16.8. The van der Waals surface area contributed by atoms with Crippen LogP contribution in [0.1, 0.15) is 25.0 Å². The van der Waals surface area contributed by atoms with Gasteiger partial charge in [-0.25, -0.2) is 0 Å². The van der Waals surface area contributed by atoms with E-state index in [1.165, 1.54) is 60.5 Å². The van der Waals surface area contributed by atoms with E-state index >= 15 is 0 Å². The Bertz CT molecular complexity index is 2590. The minimum absolute atomic E-state index is 0.0224. The van der Waals surface area contributed by atoms with E-state index in [2.05, 4.69) is 172 Å². The molecular weight excluding hydrogens is 581 g/mol. The molecule has 0 saturated heterocycles. The highest BCUT2D eigenvalue weighted by atomic mass is 16.5. The fourth-order valence-electron chi connectivity index (χ4n) is 8.34. The van der Waals surface area contributed by atoms with Gasteiger partial charge >= 0.3 is 0 Å². The number of hydrogen-bond acceptors (Lipinski definition) is 1. The average molecular weight is 613 g/mol. The Hall–Kier alpha value is -5.92. The molecular formula is C47H32O. The first-order valence-electron chi connectivity index (χ1n) is 16.8. The van der Waals surface area contributed by atoms with Crippen molar-refractivity contribution in [2.75, 3.05) is 0 Å². The summed E-state index contributed by atoms with van der Waals surface area (Å²) in [5.41, 5.74) is 14.8. The molecule has 0 saturated carbocycles. The lowest BCUT2D eigenvalue weighted by molar-refractivity contribution is 0.491. The molecule has 48 heavy (non-hydrogen) atoms. The van der Waals surface area contributed by atoms with Crippen LogP contribution in [0.3, 0.4) is 0 Å². The molecule has 8 aromatic rings. The van der Waals surface area contributed by atoms with Crippen molar-refractivity contribution in [3.63, 3.8) is 0 Å². The van der Waals surface area contributed by atoms with Crippen LogP contribution in [-0.4, -0.2) is 0 Å². The van der Waals surface area contributed by atoms with Crippen LogP contribution in [0.5, 0.6) is 11.5 Å². The SMILES string of the molecule is CC1(C)c2ccccc2-c2ccc(-c3ccc(-c4cccc5c4Oc4c(-c6ccccc6)c6ccccc6c6cccc-5c46)cc3)cc21. The molecule has 0 aromatic heterocycles. The highest BCUT2D eigenvalue weighted by molar-refractivity contribution is 6.22. The molecule has 0 radical (unpaired) electrons. The van der Waals surface area contributed by atoms with Crippen molar-refractivity contribution >= 4 is 21.5 Å². The van der Waals surface area contributed by atoms with E-state index in [0.717, 1.165) is 39.3 Å². The minimum Gasteiger partial charge on any atom is -0.455 e. The normalized spacial score (nSPS) is 13.5. The van der Waals surface area contributed by atoms with Crippen LogP contribution < -0.4 is 4.74 Å². The highest BCUT2D eigenvalue weighted by Gasteiger charge is 2.35. The van der Waals surface area contributed by atoms with Crippen molar-refractivity contribution in [2.24, 2.45) is 0 Å². The van der Waals surface area contributed by atoms with Crippen LogP contribution in [0, 0.1) is 0 Å². The van der Waals surface area contributed by atoms with Crippen LogP contribution in [0.15, 0.2) is 158 Å². The van der Waals surface area contributed by atoms with E-state index in [9.17, 15) is 0 Å². The molecule has 0 bridgehead atoms. The molecule has 10 rings (SSSR count). The van der Waals surface area contributed by atoms with Crippen LogP contribution in [0.25, 0.3) is 77.2 Å². The average Bonchev–Trinajstić information content (AvgIpc) is 3.37. The maximum Gasteiger partial charge on any atom is 0.144 e. The summed E-state index contributed by atoms with van der Waals surface area (Å²) in [6.45, 7) is 4.68. The summed E-state index contributed by atoms with van der Waals surface area (Å²) in [4.78, 5) is 0. The monoisotopic (exact) mass is 612 g/mol. The van der Waals surface area contributed by atoms with Gasteiger partial charge in [-0.3, -0.25) is 0 Å². The number of ether oxygens (including phenoxy) is 1. The van der Waals surface area contributed by atoms with Gasteiger partial charge in [0, 0.05) is 27.5 Å². The summed E-state index contributed by atoms with van der Waals surface area (Å²) in [6, 6.07) is 57.4. The van der Waals surface area contributed by atoms with E-state index in [-0.39, 0.29) is 5.41 Å². The molecule has 0 amide bonds. The third-order valence-electron chi connectivity index (χ3n) is 10.7. The Morgan fingerprint density at radius 3 is 1.83 bits per heavy atom. The van der Waals surface area contributed by atoms with Crippen LogP contribution in [-0.2, 0) is 5.41 Å². The largest absolute Gasteiger partial charge is 0.455 e. The lowest BCUT2D eigenvalue weighted by Crippen LogP contribution is -2.14. The van der Waals surface area contributed by atoms with Crippen molar-refractivity contribution < 1.29 is 4.74 Å². The molecule has 226 valence electrons. The Labute approximate surface area is 280 Å². The number of rotatable bonds is 3. The first-order chi connectivity index (χ1) is 23.6. The molecule has 1 heterocycles. The Morgan fingerprint density at radius 2 is 0.979 bits per heavy atom. The zero-order valence-corrected chi connectivity index (χ0v) is 26.9. The van der Waals surface area contributed by atoms with E-state index < -0.39 is 0 Å². The number of fused-ring (bicyclic) bond motifs is 7. The summed E-state index contributed by atoms with van der Waals surface area (Å²) in [5.74, 6) is 1.85. The summed E-state index contributed by atoms with van der Waals surface area (Å²) >= 11 is 0. The molecule has 1 aliphatic heterocycles. The molecule has 1 nitrogen and oxygen atoms in total. The molecule has 0 fully saturated rings. The van der Waals surface area contributed by atoms with E-state index in [0.29, 0.717) is 0 Å². The summed E-state index contributed by atoms with van der Waals surface area (Å²) in [6.07, 6.45) is 0. The van der Waals surface area contributed by atoms with Gasteiger partial charge in [0.1, 0.15) is 11.5 Å². The number of hydrogen-bond donors (Lipinski definition) is 0. The maximum absolute atomic E-state index is 7.15. The summed E-state index contributed by atoms with van der Waals surface area (Å²) < 4.78 is 7.15. The molecule has 0 unspecified atom stereocenters. The van der Waals surface area contributed by atoms with Crippen molar-refractivity contribution in [1.29, 1.82) is 0 Å². The van der Waals surface area contributed by atoms with Crippen LogP contribution in [0.2, 0.25) is 0 Å². The lowest BCUT2D eigenvalue weighted by atomic mass is 9.81. The van der Waals surface area contributed by atoms with Gasteiger partial charge in [-0.15, -0.1) is 0 Å². The van der Waals surface area contributed by atoms with Crippen LogP contribution >= 0.6 is 0 Å². The van der Waals surface area contributed by atoms with Crippen LogP contribution in [0.4, 0.5) is 0 Å². The van der Waals surface area contributed by atoms with Gasteiger partial charge in [-0.05, 0) is 72.3 Å². The second-order valence-corrected chi connectivity index (χ2v) is 13.6. The van der Waals surface area contributed by atoms with Crippen molar-refractivity contribution in [3.8, 4) is 67.1 Å². The zero-order chi connectivity index (χ0) is 32.0. The summed E-state index contributed by atoms with van der Waals surface area (Å²) in [5, 5.41) is 4.85. The summed E-state index contributed by atoms with van der Waals surface area (Å²) in [7, 11) is 0. The van der Waals surface area contributed by atoms with Gasteiger partial charge in [-0.1, -0.05) is 166 Å². The molecule has 2 aliphatic rings. The zero-order valence-electron chi connectivity index (χ0n) is 26.9. The molecule has 0 N–H and O–H groups in total. The van der Waals surface area contributed by atoms with Crippen molar-refractivity contribution in [1.82, 2.24) is 0 Å². The quantitative estimate of drug-likeness (QED) is 0.180. The first kappa shape index (κ1) is 27.2. The van der Waals surface area contributed by atoms with E-state index in [4.69, 9.17) is 4.74 Å². The minimum atomic E-state index is -0.0224. The molecule has 8 aromatic carbocycles. The fourth-order valence-corrected chi connectivity index (χ4v) is 8.34. The van der Waals surface area contributed by atoms with Gasteiger partial charge in [0.2, 0.25) is 0 Å². The van der Waals surface area contributed by atoms with Gasteiger partial charge in [0.05, 0.1) is 0 Å². The van der Waals surface area contributed by atoms with Gasteiger partial charge < -0.3 is 4.74 Å². The van der Waals surface area contributed by atoms with E-state index in [1.807, 2.05) is 0 Å².